The van der Waals surface area contributed by atoms with Crippen LogP contribution in [0.4, 0.5) is 0 Å². The van der Waals surface area contributed by atoms with Crippen LogP contribution < -0.4 is 5.73 Å². The fourth-order valence-corrected chi connectivity index (χ4v) is 0.565. The number of nitrogens with two attached hydrogens (primary N) is 1. The van der Waals surface area contributed by atoms with Gasteiger partial charge >= 0.3 is 0 Å². The molecule has 0 aromatic rings. The Hall–Kier alpha value is -0.550. The van der Waals surface area contributed by atoms with Crippen molar-refractivity contribution < 1.29 is 0 Å². The lowest BCUT2D eigenvalue weighted by Crippen LogP contribution is -2.25. The van der Waals surface area contributed by atoms with Crippen molar-refractivity contribution in [2.24, 2.45) is 11.7 Å². The summed E-state index contributed by atoms with van der Waals surface area (Å²) in [4.78, 5) is 0. The van der Waals surface area contributed by atoms with E-state index in [2.05, 4.69) is 19.9 Å². The zero-order chi connectivity index (χ0) is 7.28. The van der Waals surface area contributed by atoms with Crippen molar-refractivity contribution in [1.82, 2.24) is 0 Å². The fourth-order valence-electron chi connectivity index (χ4n) is 0.565. The highest BCUT2D eigenvalue weighted by Gasteiger charge is 2.05. The smallest absolute Gasteiger partial charge is 0.0622 e. The van der Waals surface area contributed by atoms with Gasteiger partial charge in [-0.05, 0) is 12.3 Å². The third-order valence-electron chi connectivity index (χ3n) is 1.45. The molecule has 0 amide bonds. The number of hydrogen-bond donors (Lipinski definition) is 1. The SMILES string of the molecule is CC(C)C(N)CCC#N. The first kappa shape index (κ1) is 8.45. The lowest BCUT2D eigenvalue weighted by Gasteiger charge is -2.12. The molecule has 0 saturated carbocycles. The lowest BCUT2D eigenvalue weighted by atomic mass is 10.0. The van der Waals surface area contributed by atoms with Gasteiger partial charge in [0.05, 0.1) is 6.07 Å². The normalized spacial score (nSPS) is 13.2. The van der Waals surface area contributed by atoms with Crippen LogP contribution in [-0.2, 0) is 0 Å². The summed E-state index contributed by atoms with van der Waals surface area (Å²) < 4.78 is 0. The lowest BCUT2D eigenvalue weighted by molar-refractivity contribution is 0.469. The summed E-state index contributed by atoms with van der Waals surface area (Å²) >= 11 is 0. The molecular formula is C7H14N2. The van der Waals surface area contributed by atoms with Gasteiger partial charge in [-0.25, -0.2) is 0 Å². The molecule has 0 fully saturated rings. The Balaban J connectivity index is 3.29. The molecule has 0 saturated heterocycles. The van der Waals surface area contributed by atoms with Crippen LogP contribution in [0, 0.1) is 17.2 Å². The summed E-state index contributed by atoms with van der Waals surface area (Å²) in [7, 11) is 0. The second-order valence-corrected chi connectivity index (χ2v) is 2.60. The average molecular weight is 126 g/mol. The Kier molecular flexibility index (Phi) is 4.08. The second-order valence-electron chi connectivity index (χ2n) is 2.60. The van der Waals surface area contributed by atoms with E-state index in [9.17, 15) is 0 Å². The van der Waals surface area contributed by atoms with Crippen LogP contribution in [0.3, 0.4) is 0 Å². The van der Waals surface area contributed by atoms with Crippen molar-refractivity contribution in [1.29, 1.82) is 5.26 Å². The van der Waals surface area contributed by atoms with Gasteiger partial charge in [0.1, 0.15) is 0 Å². The molecular weight excluding hydrogens is 112 g/mol. The quantitative estimate of drug-likeness (QED) is 0.619. The van der Waals surface area contributed by atoms with Crippen molar-refractivity contribution in [3.8, 4) is 6.07 Å². The minimum Gasteiger partial charge on any atom is -0.327 e. The molecule has 52 valence electrons. The van der Waals surface area contributed by atoms with Gasteiger partial charge in [0, 0.05) is 12.5 Å². The molecule has 0 bridgehead atoms. The predicted molar refractivity (Wildman–Crippen MR) is 37.7 cm³/mol. The number of hydrogen-bond acceptors (Lipinski definition) is 2. The van der Waals surface area contributed by atoms with Crippen molar-refractivity contribution >= 4 is 0 Å². The number of nitriles is 1. The number of rotatable bonds is 3. The summed E-state index contributed by atoms with van der Waals surface area (Å²) in [5, 5.41) is 8.19. The Morgan fingerprint density at radius 2 is 2.11 bits per heavy atom. The van der Waals surface area contributed by atoms with Crippen LogP contribution in [-0.4, -0.2) is 6.04 Å². The largest absolute Gasteiger partial charge is 0.327 e. The van der Waals surface area contributed by atoms with E-state index in [0.29, 0.717) is 12.3 Å². The second kappa shape index (κ2) is 4.34. The van der Waals surface area contributed by atoms with E-state index in [0.717, 1.165) is 6.42 Å². The van der Waals surface area contributed by atoms with E-state index in [1.54, 1.807) is 0 Å². The van der Waals surface area contributed by atoms with Crippen molar-refractivity contribution in [2.75, 3.05) is 0 Å². The zero-order valence-electron chi connectivity index (χ0n) is 6.09. The van der Waals surface area contributed by atoms with E-state index in [-0.39, 0.29) is 6.04 Å². The first-order valence-corrected chi connectivity index (χ1v) is 3.31. The Bertz CT molecular complexity index is 102. The van der Waals surface area contributed by atoms with E-state index >= 15 is 0 Å². The molecule has 2 N–H and O–H groups in total. The predicted octanol–water partition coefficient (Wildman–Crippen LogP) is 1.27. The number of nitrogens with zero attached hydrogens (tertiary/aromatic N) is 1. The van der Waals surface area contributed by atoms with E-state index < -0.39 is 0 Å². The zero-order valence-corrected chi connectivity index (χ0v) is 6.09. The molecule has 0 aliphatic carbocycles. The van der Waals surface area contributed by atoms with E-state index in [4.69, 9.17) is 11.0 Å². The van der Waals surface area contributed by atoms with Crippen molar-refractivity contribution in [3.05, 3.63) is 0 Å². The van der Waals surface area contributed by atoms with Gasteiger partial charge in [-0.2, -0.15) is 5.26 Å². The minimum absolute atomic E-state index is 0.199. The Morgan fingerprint density at radius 1 is 1.56 bits per heavy atom. The van der Waals surface area contributed by atoms with Gasteiger partial charge in [-0.1, -0.05) is 13.8 Å². The molecule has 2 nitrogen and oxygen atoms in total. The first-order chi connectivity index (χ1) is 4.18. The molecule has 0 aromatic heterocycles. The van der Waals surface area contributed by atoms with Crippen LogP contribution in [0.15, 0.2) is 0 Å². The molecule has 0 rings (SSSR count). The molecule has 1 atom stereocenters. The monoisotopic (exact) mass is 126 g/mol. The first-order valence-electron chi connectivity index (χ1n) is 3.31. The standard InChI is InChI=1S/C7H14N2/c1-6(2)7(9)4-3-5-8/h6-7H,3-4,9H2,1-2H3. The van der Waals surface area contributed by atoms with Gasteiger partial charge in [-0.3, -0.25) is 0 Å². The van der Waals surface area contributed by atoms with Gasteiger partial charge in [0.25, 0.3) is 0 Å². The topological polar surface area (TPSA) is 49.8 Å². The minimum atomic E-state index is 0.199. The molecule has 0 spiro atoms. The molecule has 0 heterocycles. The molecule has 9 heavy (non-hydrogen) atoms. The highest BCUT2D eigenvalue weighted by Crippen LogP contribution is 2.03. The fraction of sp³-hybridized carbons (Fsp3) is 0.857. The van der Waals surface area contributed by atoms with Gasteiger partial charge in [0.2, 0.25) is 0 Å². The van der Waals surface area contributed by atoms with Gasteiger partial charge in [-0.15, -0.1) is 0 Å². The molecule has 0 aromatic carbocycles. The van der Waals surface area contributed by atoms with Crippen LogP contribution in [0.25, 0.3) is 0 Å². The summed E-state index contributed by atoms with van der Waals surface area (Å²) in [6, 6.07) is 2.27. The maximum Gasteiger partial charge on any atom is 0.0622 e. The third kappa shape index (κ3) is 3.99. The molecule has 0 aliphatic heterocycles. The van der Waals surface area contributed by atoms with Crippen LogP contribution in [0.2, 0.25) is 0 Å². The average Bonchev–Trinajstić information content (AvgIpc) is 1.82. The maximum absolute atomic E-state index is 8.19. The highest BCUT2D eigenvalue weighted by molar-refractivity contribution is 4.74. The third-order valence-corrected chi connectivity index (χ3v) is 1.45. The van der Waals surface area contributed by atoms with Crippen molar-refractivity contribution in [3.63, 3.8) is 0 Å². The van der Waals surface area contributed by atoms with Crippen LogP contribution >= 0.6 is 0 Å². The van der Waals surface area contributed by atoms with E-state index in [1.807, 2.05) is 0 Å². The van der Waals surface area contributed by atoms with E-state index in [1.165, 1.54) is 0 Å². The van der Waals surface area contributed by atoms with Gasteiger partial charge < -0.3 is 5.73 Å². The molecule has 2 heteroatoms. The van der Waals surface area contributed by atoms with Crippen LogP contribution in [0.1, 0.15) is 26.7 Å². The Labute approximate surface area is 56.7 Å². The highest BCUT2D eigenvalue weighted by atomic mass is 14.6. The summed E-state index contributed by atoms with van der Waals surface area (Å²) in [6.45, 7) is 4.14. The van der Waals surface area contributed by atoms with Crippen LogP contribution in [0.5, 0.6) is 0 Å². The Morgan fingerprint density at radius 3 is 2.44 bits per heavy atom. The summed E-state index contributed by atoms with van der Waals surface area (Å²) in [5.41, 5.74) is 5.65. The molecule has 0 radical (unpaired) electrons. The molecule has 1 unspecified atom stereocenters. The summed E-state index contributed by atoms with van der Waals surface area (Å²) in [6.07, 6.45) is 1.41. The van der Waals surface area contributed by atoms with Crippen molar-refractivity contribution in [2.45, 2.75) is 32.7 Å². The summed E-state index contributed by atoms with van der Waals surface area (Å²) in [5.74, 6) is 0.498. The van der Waals surface area contributed by atoms with Gasteiger partial charge in [0.15, 0.2) is 0 Å². The maximum atomic E-state index is 8.19. The molecule has 0 aliphatic rings.